The lowest BCUT2D eigenvalue weighted by Crippen LogP contribution is -2.55. The van der Waals surface area contributed by atoms with Gasteiger partial charge < -0.3 is 23.8 Å². The molecule has 0 aliphatic carbocycles. The molecule has 1 amide bonds. The summed E-state index contributed by atoms with van der Waals surface area (Å²) in [6.07, 6.45) is 2.58. The van der Waals surface area contributed by atoms with Crippen LogP contribution >= 0.6 is 0 Å². The highest BCUT2D eigenvalue weighted by molar-refractivity contribution is 7.89. The second kappa shape index (κ2) is 10.5. The van der Waals surface area contributed by atoms with Crippen molar-refractivity contribution in [2.24, 2.45) is 0 Å². The van der Waals surface area contributed by atoms with Crippen LogP contribution in [0.15, 0.2) is 42.9 Å². The molecule has 1 atom stereocenters. The Morgan fingerprint density at radius 2 is 1.71 bits per heavy atom. The van der Waals surface area contributed by atoms with Crippen LogP contribution in [0.4, 0.5) is 10.6 Å². The van der Waals surface area contributed by atoms with E-state index >= 15 is 0 Å². The van der Waals surface area contributed by atoms with Gasteiger partial charge in [-0.15, -0.1) is 0 Å². The Balaban J connectivity index is 1.58. The first-order valence-electron chi connectivity index (χ1n) is 14.2. The molecule has 2 aliphatic heterocycles. The number of piperazine rings is 1. The Labute approximate surface area is 248 Å². The van der Waals surface area contributed by atoms with E-state index < -0.39 is 33.9 Å². The van der Waals surface area contributed by atoms with Crippen LogP contribution < -0.4 is 10.4 Å². The van der Waals surface area contributed by atoms with Gasteiger partial charge in [0.25, 0.3) is 0 Å². The zero-order valence-corrected chi connectivity index (χ0v) is 26.4. The number of benzene rings is 1. The number of anilines is 1. The van der Waals surface area contributed by atoms with Crippen LogP contribution in [0.1, 0.15) is 61.0 Å². The van der Waals surface area contributed by atoms with Gasteiger partial charge in [0.15, 0.2) is 5.65 Å². The van der Waals surface area contributed by atoms with Gasteiger partial charge in [0.2, 0.25) is 10.0 Å². The Morgan fingerprint density at radius 3 is 2.31 bits per heavy atom. The predicted octanol–water partition coefficient (Wildman–Crippen LogP) is 3.55. The second-order valence-electron chi connectivity index (χ2n) is 13.1. The van der Waals surface area contributed by atoms with E-state index in [-0.39, 0.29) is 23.5 Å². The van der Waals surface area contributed by atoms with Crippen LogP contribution in [0.3, 0.4) is 0 Å². The van der Waals surface area contributed by atoms with E-state index in [1.54, 1.807) is 23.2 Å². The molecule has 13 heteroatoms. The van der Waals surface area contributed by atoms with Crippen molar-refractivity contribution < 1.29 is 27.3 Å². The average molecular weight is 598 g/mol. The first kappa shape index (κ1) is 30.3. The highest BCUT2D eigenvalue weighted by Gasteiger charge is 2.53. The zero-order chi connectivity index (χ0) is 30.7. The highest BCUT2D eigenvalue weighted by atomic mass is 32.2. The Bertz CT molecular complexity index is 1570. The molecule has 2 saturated heterocycles. The minimum Gasteiger partial charge on any atom is -0.444 e. The van der Waals surface area contributed by atoms with Crippen molar-refractivity contribution in [3.63, 3.8) is 0 Å². The summed E-state index contributed by atoms with van der Waals surface area (Å²) in [5, 5.41) is 0.546. The first-order chi connectivity index (χ1) is 19.5. The van der Waals surface area contributed by atoms with Crippen molar-refractivity contribution in [3.8, 4) is 0 Å². The summed E-state index contributed by atoms with van der Waals surface area (Å²) < 4.78 is 47.3. The quantitative estimate of drug-likeness (QED) is 0.407. The number of carbonyl (C=O) groups is 1. The molecule has 2 aliphatic rings. The smallest absolute Gasteiger partial charge is 0.444 e. The molecule has 5 rings (SSSR count). The minimum absolute atomic E-state index is 0.139. The van der Waals surface area contributed by atoms with E-state index in [2.05, 4.69) is 14.9 Å². The molecule has 226 valence electrons. The maximum absolute atomic E-state index is 13.8. The molecular weight excluding hydrogens is 557 g/mol. The van der Waals surface area contributed by atoms with Crippen molar-refractivity contribution in [2.45, 2.75) is 84.0 Å². The largest absolute Gasteiger partial charge is 0.497 e. The number of fused-ring (bicyclic) bond motifs is 1. The fourth-order valence-electron chi connectivity index (χ4n) is 5.24. The van der Waals surface area contributed by atoms with Crippen molar-refractivity contribution in [2.75, 3.05) is 24.5 Å². The van der Waals surface area contributed by atoms with Crippen LogP contribution in [-0.4, -0.2) is 82.9 Å². The molecule has 11 nitrogen and oxygen atoms in total. The van der Waals surface area contributed by atoms with E-state index in [0.717, 1.165) is 0 Å². The normalized spacial score (nSPS) is 20.8. The number of ether oxygens (including phenoxy) is 1. The van der Waals surface area contributed by atoms with Crippen molar-refractivity contribution in [3.05, 3.63) is 48.4 Å². The minimum atomic E-state index is -3.88. The summed E-state index contributed by atoms with van der Waals surface area (Å²) in [5.41, 5.74) is -0.422. The topological polar surface area (TPSA) is 116 Å². The predicted molar refractivity (Wildman–Crippen MR) is 162 cm³/mol. The molecule has 0 unspecified atom stereocenters. The molecule has 0 radical (unpaired) electrons. The molecule has 1 aromatic carbocycles. The Morgan fingerprint density at radius 1 is 1.07 bits per heavy atom. The lowest BCUT2D eigenvalue weighted by molar-refractivity contribution is 0.00578. The molecule has 0 N–H and O–H groups in total. The third-order valence-corrected chi connectivity index (χ3v) is 9.69. The third kappa shape index (κ3) is 5.74. The molecule has 0 bridgehead atoms. The fraction of sp³-hybridized carbons (Fsp3) is 0.552. The van der Waals surface area contributed by atoms with Crippen LogP contribution in [0.25, 0.3) is 11.0 Å². The summed E-state index contributed by atoms with van der Waals surface area (Å²) in [6.45, 7) is 16.6. The zero-order valence-electron chi connectivity index (χ0n) is 25.6. The Hall–Kier alpha value is -3.16. The van der Waals surface area contributed by atoms with Gasteiger partial charge in [-0.05, 0) is 61.0 Å². The lowest BCUT2D eigenvalue weighted by atomic mass is 9.79. The van der Waals surface area contributed by atoms with Gasteiger partial charge in [-0.25, -0.2) is 27.2 Å². The number of rotatable bonds is 5. The van der Waals surface area contributed by atoms with E-state index in [9.17, 15) is 13.2 Å². The fourth-order valence-corrected chi connectivity index (χ4v) is 6.67. The first-order valence-corrected chi connectivity index (χ1v) is 15.8. The van der Waals surface area contributed by atoms with Gasteiger partial charge in [-0.1, -0.05) is 30.3 Å². The number of hydrogen-bond acceptors (Lipinski definition) is 9. The number of aromatic nitrogens is 3. The molecule has 2 fully saturated rings. The number of hydrogen-bond donors (Lipinski definition) is 0. The number of amides is 1. The van der Waals surface area contributed by atoms with Gasteiger partial charge in [-0.3, -0.25) is 0 Å². The van der Waals surface area contributed by atoms with E-state index in [0.29, 0.717) is 41.9 Å². The SMILES string of the molecule is C[C@H]1CN(C(=O)OC(C)(C)C)CCN1c1ncnc2c1c(B1OC(C)(C)C(C)(C)O1)cn2S(=O)(=O)Cc1ccccc1. The third-order valence-electron chi connectivity index (χ3n) is 8.11. The molecule has 2 aromatic heterocycles. The molecule has 3 aromatic rings. The standard InChI is InChI=1S/C29H40BN5O6S/c1-20-16-33(26(36)39-27(2,3)4)14-15-34(20)24-23-22(30-40-28(5,6)29(7,8)41-30)17-35(25(23)32-19-31-24)42(37,38)18-21-12-10-9-11-13-21/h9-13,17,19-20H,14-16,18H2,1-8H3/t20-/m0/s1. The van der Waals surface area contributed by atoms with Crippen LogP contribution in [0.5, 0.6) is 0 Å². The lowest BCUT2D eigenvalue weighted by Gasteiger charge is -2.41. The number of nitrogens with zero attached hydrogens (tertiary/aromatic N) is 5. The summed E-state index contributed by atoms with van der Waals surface area (Å²) >= 11 is 0. The summed E-state index contributed by atoms with van der Waals surface area (Å²) in [7, 11) is -4.72. The molecule has 0 saturated carbocycles. The van der Waals surface area contributed by atoms with Crippen molar-refractivity contribution in [1.82, 2.24) is 18.8 Å². The van der Waals surface area contributed by atoms with Gasteiger partial charge in [0.05, 0.1) is 22.3 Å². The van der Waals surface area contributed by atoms with E-state index in [1.165, 1.54) is 10.3 Å². The summed E-state index contributed by atoms with van der Waals surface area (Å²) in [6, 6.07) is 8.90. The Kier molecular flexibility index (Phi) is 7.60. The van der Waals surface area contributed by atoms with Crippen LogP contribution in [0, 0.1) is 0 Å². The van der Waals surface area contributed by atoms with E-state index in [1.807, 2.05) is 73.6 Å². The van der Waals surface area contributed by atoms with Gasteiger partial charge in [0, 0.05) is 37.3 Å². The van der Waals surface area contributed by atoms with Gasteiger partial charge in [-0.2, -0.15) is 0 Å². The van der Waals surface area contributed by atoms with Gasteiger partial charge >= 0.3 is 13.2 Å². The van der Waals surface area contributed by atoms with Crippen molar-refractivity contribution >= 4 is 45.5 Å². The molecule has 42 heavy (non-hydrogen) atoms. The number of carbonyl (C=O) groups excluding carboxylic acids is 1. The maximum atomic E-state index is 13.8. The maximum Gasteiger partial charge on any atom is 0.497 e. The van der Waals surface area contributed by atoms with E-state index in [4.69, 9.17) is 14.0 Å². The van der Waals surface area contributed by atoms with Gasteiger partial charge in [0.1, 0.15) is 17.7 Å². The second-order valence-corrected chi connectivity index (χ2v) is 14.9. The molecule has 0 spiro atoms. The average Bonchev–Trinajstić information content (AvgIpc) is 3.38. The highest BCUT2D eigenvalue weighted by Crippen LogP contribution is 2.38. The molecular formula is C29H40BN5O6S. The summed E-state index contributed by atoms with van der Waals surface area (Å²) in [5.74, 6) is 0.361. The summed E-state index contributed by atoms with van der Waals surface area (Å²) in [4.78, 5) is 25.7. The van der Waals surface area contributed by atoms with Crippen molar-refractivity contribution in [1.29, 1.82) is 0 Å². The monoisotopic (exact) mass is 597 g/mol. The van der Waals surface area contributed by atoms with Crippen LogP contribution in [0.2, 0.25) is 0 Å². The molecule has 4 heterocycles. The van der Waals surface area contributed by atoms with Crippen LogP contribution in [-0.2, 0) is 29.8 Å².